The van der Waals surface area contributed by atoms with Gasteiger partial charge in [0.2, 0.25) is 5.43 Å². The fourth-order valence-corrected chi connectivity index (χ4v) is 4.08. The van der Waals surface area contributed by atoms with Crippen LogP contribution in [0.4, 0.5) is 0 Å². The maximum absolute atomic E-state index is 13.2. The molecule has 0 amide bonds. The van der Waals surface area contributed by atoms with Crippen molar-refractivity contribution in [1.82, 2.24) is 9.55 Å². The number of benzene rings is 2. The summed E-state index contributed by atoms with van der Waals surface area (Å²) < 4.78 is 29.3. The van der Waals surface area contributed by atoms with Crippen molar-refractivity contribution in [1.29, 1.82) is 0 Å². The van der Waals surface area contributed by atoms with E-state index in [0.717, 1.165) is 22.9 Å². The highest BCUT2D eigenvalue weighted by atomic mass is 32.2. The number of pyridine rings is 2. The second-order valence-corrected chi connectivity index (χ2v) is 10.7. The lowest BCUT2D eigenvalue weighted by Crippen LogP contribution is -2.22. The van der Waals surface area contributed by atoms with Gasteiger partial charge >= 0.3 is 16.1 Å². The fraction of sp³-hybridized carbons (Fsp3) is 0.192. The monoisotopic (exact) mass is 476 g/mol. The van der Waals surface area contributed by atoms with Crippen LogP contribution in [0.5, 0.6) is 0 Å². The lowest BCUT2D eigenvalue weighted by atomic mass is 9.87. The van der Waals surface area contributed by atoms with Crippen molar-refractivity contribution in [2.45, 2.75) is 26.2 Å². The van der Waals surface area contributed by atoms with Gasteiger partial charge in [0.15, 0.2) is 0 Å². The summed E-state index contributed by atoms with van der Waals surface area (Å²) in [6.45, 7) is 6.32. The van der Waals surface area contributed by atoms with E-state index >= 15 is 0 Å². The molecule has 7 nitrogen and oxygen atoms in total. The van der Waals surface area contributed by atoms with Gasteiger partial charge in [-0.05, 0) is 58.5 Å². The zero-order valence-corrected chi connectivity index (χ0v) is 20.1. The first kappa shape index (κ1) is 23.4. The van der Waals surface area contributed by atoms with Crippen LogP contribution in [0.2, 0.25) is 0 Å². The minimum atomic E-state index is -4.09. The number of hydrogen-bond acceptors (Lipinski definition) is 6. The molecule has 0 aliphatic heterocycles. The fourth-order valence-electron chi connectivity index (χ4n) is 3.71. The van der Waals surface area contributed by atoms with Crippen LogP contribution in [-0.4, -0.2) is 30.2 Å². The lowest BCUT2D eigenvalue weighted by Gasteiger charge is -2.20. The smallest absolute Gasteiger partial charge is 0.341 e. The van der Waals surface area contributed by atoms with Gasteiger partial charge in [-0.15, -0.1) is 0 Å². The van der Waals surface area contributed by atoms with E-state index in [2.05, 4.69) is 29.9 Å². The van der Waals surface area contributed by atoms with E-state index in [0.29, 0.717) is 11.2 Å². The Kier molecular flexibility index (Phi) is 5.87. The zero-order chi connectivity index (χ0) is 24.7. The Bertz CT molecular complexity index is 1550. The van der Waals surface area contributed by atoms with Crippen LogP contribution >= 0.6 is 0 Å². The number of fused-ring (bicyclic) bond motifs is 1. The van der Waals surface area contributed by atoms with E-state index in [9.17, 15) is 18.0 Å². The normalized spacial score (nSPS) is 12.0. The number of carbonyl (C=O) groups excluding carboxylic acids is 1. The molecular formula is C26H24N2O5S. The Labute approximate surface area is 197 Å². The van der Waals surface area contributed by atoms with Crippen LogP contribution in [0.15, 0.2) is 78.0 Å². The van der Waals surface area contributed by atoms with Crippen LogP contribution in [0.25, 0.3) is 27.7 Å². The van der Waals surface area contributed by atoms with Gasteiger partial charge in [0.25, 0.3) is 0 Å². The average Bonchev–Trinajstić information content (AvgIpc) is 2.78. The maximum Gasteiger partial charge on any atom is 0.359 e. The quantitative estimate of drug-likeness (QED) is 0.404. The maximum atomic E-state index is 13.2. The Hall–Kier alpha value is -3.78. The molecule has 4 rings (SSSR count). The van der Waals surface area contributed by atoms with Gasteiger partial charge in [-0.1, -0.05) is 39.0 Å². The largest absolute Gasteiger partial charge is 0.359 e. The highest BCUT2D eigenvalue weighted by molar-refractivity contribution is 7.86. The molecule has 4 aromatic rings. The Morgan fingerprint density at radius 3 is 2.18 bits per heavy atom. The van der Waals surface area contributed by atoms with Crippen LogP contribution in [0.3, 0.4) is 0 Å². The molecule has 0 aliphatic rings. The molecule has 0 bridgehead atoms. The van der Waals surface area contributed by atoms with Gasteiger partial charge in [-0.2, -0.15) is 8.42 Å². The standard InChI is InChI=1S/C26H24N2O5S/c1-26(2,3)19-6-8-20(9-7-19)28-16-22(25(30)33-34(4,31)32)24(29)21-10-5-18(15-23(21)28)17-11-13-27-14-12-17/h5-16H,1-4H3. The number of nitrogens with zero attached hydrogens (tertiary/aromatic N) is 2. The third-order valence-electron chi connectivity index (χ3n) is 5.48. The van der Waals surface area contributed by atoms with E-state index in [4.69, 9.17) is 0 Å². The Morgan fingerprint density at radius 2 is 1.59 bits per heavy atom. The lowest BCUT2D eigenvalue weighted by molar-refractivity contribution is 0.0746. The number of hydrogen-bond donors (Lipinski definition) is 0. The van der Waals surface area contributed by atoms with Crippen molar-refractivity contribution >= 4 is 27.0 Å². The minimum absolute atomic E-state index is 0.0525. The zero-order valence-electron chi connectivity index (χ0n) is 19.3. The highest BCUT2D eigenvalue weighted by Gasteiger charge is 2.21. The van der Waals surface area contributed by atoms with Gasteiger partial charge in [0, 0.05) is 29.7 Å². The van der Waals surface area contributed by atoms with Crippen LogP contribution in [-0.2, 0) is 19.7 Å². The molecule has 0 aliphatic carbocycles. The minimum Gasteiger partial charge on any atom is -0.341 e. The number of rotatable bonds is 4. The van der Waals surface area contributed by atoms with Crippen molar-refractivity contribution in [2.75, 3.05) is 6.26 Å². The highest BCUT2D eigenvalue weighted by Crippen LogP contribution is 2.27. The predicted molar refractivity (Wildman–Crippen MR) is 132 cm³/mol. The van der Waals surface area contributed by atoms with Crippen LogP contribution in [0, 0.1) is 0 Å². The Balaban J connectivity index is 1.98. The van der Waals surface area contributed by atoms with Crippen LogP contribution in [0.1, 0.15) is 36.7 Å². The molecule has 2 heterocycles. The summed E-state index contributed by atoms with van der Waals surface area (Å²) in [5.41, 5.74) is 3.15. The molecule has 0 N–H and O–H groups in total. The third-order valence-corrected chi connectivity index (χ3v) is 5.93. The second kappa shape index (κ2) is 8.53. The van der Waals surface area contributed by atoms with E-state index in [1.807, 2.05) is 42.5 Å². The number of carbonyl (C=O) groups is 1. The van der Waals surface area contributed by atoms with Crippen molar-refractivity contribution in [3.05, 3.63) is 94.5 Å². The predicted octanol–water partition coefficient (Wildman–Crippen LogP) is 4.47. The molecule has 0 unspecified atom stereocenters. The molecule has 0 spiro atoms. The third kappa shape index (κ3) is 4.77. The summed E-state index contributed by atoms with van der Waals surface area (Å²) in [4.78, 5) is 29.8. The average molecular weight is 477 g/mol. The molecule has 0 atom stereocenters. The van der Waals surface area contributed by atoms with E-state index in [-0.39, 0.29) is 16.4 Å². The van der Waals surface area contributed by atoms with Gasteiger partial charge in [-0.25, -0.2) is 4.79 Å². The summed E-state index contributed by atoms with van der Waals surface area (Å²) in [6, 6.07) is 16.8. The molecular weight excluding hydrogens is 452 g/mol. The SMILES string of the molecule is CC(C)(C)c1ccc(-n2cc(C(=O)OS(C)(=O)=O)c(=O)c3ccc(-c4ccncc4)cc32)cc1. The Morgan fingerprint density at radius 1 is 0.941 bits per heavy atom. The van der Waals surface area contributed by atoms with Gasteiger partial charge in [0.05, 0.1) is 11.8 Å². The molecule has 2 aromatic heterocycles. The molecule has 0 radical (unpaired) electrons. The van der Waals surface area contributed by atoms with E-state index in [1.54, 1.807) is 29.1 Å². The first-order chi connectivity index (χ1) is 15.9. The summed E-state index contributed by atoms with van der Waals surface area (Å²) in [6.07, 6.45) is 5.46. The van der Waals surface area contributed by atoms with E-state index < -0.39 is 21.5 Å². The molecule has 34 heavy (non-hydrogen) atoms. The first-order valence-electron chi connectivity index (χ1n) is 10.6. The van der Waals surface area contributed by atoms with Crippen molar-refractivity contribution in [3.8, 4) is 16.8 Å². The van der Waals surface area contributed by atoms with Crippen molar-refractivity contribution in [2.24, 2.45) is 0 Å². The van der Waals surface area contributed by atoms with Gasteiger partial charge in [0.1, 0.15) is 5.56 Å². The first-order valence-corrected chi connectivity index (χ1v) is 12.4. The molecule has 0 saturated carbocycles. The van der Waals surface area contributed by atoms with Crippen LogP contribution < -0.4 is 5.43 Å². The molecule has 0 saturated heterocycles. The molecule has 8 heteroatoms. The molecule has 2 aromatic carbocycles. The topological polar surface area (TPSA) is 95.3 Å². The molecule has 0 fully saturated rings. The number of aromatic nitrogens is 2. The van der Waals surface area contributed by atoms with Gasteiger partial charge in [-0.3, -0.25) is 9.78 Å². The summed E-state index contributed by atoms with van der Waals surface area (Å²) in [5, 5.41) is 0.264. The summed E-state index contributed by atoms with van der Waals surface area (Å²) in [7, 11) is -4.09. The van der Waals surface area contributed by atoms with Gasteiger partial charge < -0.3 is 8.75 Å². The van der Waals surface area contributed by atoms with Crippen molar-refractivity contribution in [3.63, 3.8) is 0 Å². The van der Waals surface area contributed by atoms with Crippen molar-refractivity contribution < 1.29 is 17.4 Å². The summed E-state index contributed by atoms with van der Waals surface area (Å²) >= 11 is 0. The molecule has 174 valence electrons. The second-order valence-electron chi connectivity index (χ2n) is 9.08. The summed E-state index contributed by atoms with van der Waals surface area (Å²) in [5.74, 6) is -1.22. The van der Waals surface area contributed by atoms with E-state index in [1.165, 1.54) is 6.20 Å².